The van der Waals surface area contributed by atoms with Crippen molar-refractivity contribution in [2.45, 2.75) is 6.18 Å². The van der Waals surface area contributed by atoms with Crippen LogP contribution >= 0.6 is 0 Å². The molecule has 2 aromatic rings. The Labute approximate surface area is 146 Å². The van der Waals surface area contributed by atoms with Crippen molar-refractivity contribution in [3.05, 3.63) is 59.7 Å². The zero-order valence-electron chi connectivity index (χ0n) is 13.6. The Hall–Kier alpha value is -3.16. The van der Waals surface area contributed by atoms with E-state index in [0.29, 0.717) is 11.4 Å². The second-order valence-electron chi connectivity index (χ2n) is 5.58. The van der Waals surface area contributed by atoms with E-state index in [0.717, 1.165) is 17.0 Å². The summed E-state index contributed by atoms with van der Waals surface area (Å²) in [6.07, 6.45) is -4.46. The van der Waals surface area contributed by atoms with Crippen LogP contribution in [0.5, 0.6) is 11.5 Å². The largest absolute Gasteiger partial charge is 0.457 e. The minimum absolute atomic E-state index is 0.0298. The van der Waals surface area contributed by atoms with Crippen LogP contribution in [0.15, 0.2) is 53.5 Å². The Bertz CT molecular complexity index is 907. The summed E-state index contributed by atoms with van der Waals surface area (Å²) in [6, 6.07) is 10.9. The van der Waals surface area contributed by atoms with Gasteiger partial charge < -0.3 is 4.74 Å². The van der Waals surface area contributed by atoms with E-state index in [1.807, 2.05) is 0 Å². The SMILES string of the molecule is CN1C(=O)C(=O)CN=C1c1cccc(Oc2cccc(C(F)(F)F)c2)c1. The maximum atomic E-state index is 12.8. The minimum Gasteiger partial charge on any atom is -0.457 e. The highest BCUT2D eigenvalue weighted by Crippen LogP contribution is 2.32. The second kappa shape index (κ2) is 6.62. The Morgan fingerprint density at radius 3 is 2.38 bits per heavy atom. The molecule has 3 rings (SSSR count). The zero-order valence-corrected chi connectivity index (χ0v) is 13.6. The maximum absolute atomic E-state index is 12.8. The van der Waals surface area contributed by atoms with Crippen molar-refractivity contribution < 1.29 is 27.5 Å². The van der Waals surface area contributed by atoms with Crippen LogP contribution in [0.25, 0.3) is 0 Å². The molecule has 134 valence electrons. The fourth-order valence-corrected chi connectivity index (χ4v) is 2.46. The van der Waals surface area contributed by atoms with E-state index >= 15 is 0 Å². The number of hydrogen-bond donors (Lipinski definition) is 0. The monoisotopic (exact) mass is 362 g/mol. The highest BCUT2D eigenvalue weighted by atomic mass is 19.4. The number of hydrogen-bond acceptors (Lipinski definition) is 4. The summed E-state index contributed by atoms with van der Waals surface area (Å²) in [6.45, 7) is -0.239. The van der Waals surface area contributed by atoms with Crippen LogP contribution < -0.4 is 4.74 Å². The molecule has 0 N–H and O–H groups in total. The molecule has 1 heterocycles. The van der Waals surface area contributed by atoms with Crippen molar-refractivity contribution in [1.82, 2.24) is 4.90 Å². The molecule has 0 aromatic heterocycles. The molecule has 26 heavy (non-hydrogen) atoms. The van der Waals surface area contributed by atoms with Gasteiger partial charge in [0.2, 0.25) is 5.78 Å². The Morgan fingerprint density at radius 2 is 1.69 bits per heavy atom. The van der Waals surface area contributed by atoms with E-state index < -0.39 is 23.4 Å². The van der Waals surface area contributed by atoms with Gasteiger partial charge in [-0.15, -0.1) is 0 Å². The average Bonchev–Trinajstić information content (AvgIpc) is 2.59. The molecule has 8 heteroatoms. The van der Waals surface area contributed by atoms with E-state index in [1.165, 1.54) is 19.2 Å². The van der Waals surface area contributed by atoms with Gasteiger partial charge in [-0.2, -0.15) is 13.2 Å². The van der Waals surface area contributed by atoms with Crippen LogP contribution in [0.3, 0.4) is 0 Å². The minimum atomic E-state index is -4.46. The fraction of sp³-hybridized carbons (Fsp3) is 0.167. The van der Waals surface area contributed by atoms with Crippen molar-refractivity contribution in [2.75, 3.05) is 13.6 Å². The lowest BCUT2D eigenvalue weighted by Gasteiger charge is -2.22. The third-order valence-electron chi connectivity index (χ3n) is 3.72. The quantitative estimate of drug-likeness (QED) is 0.788. The number of Topliss-reactive ketones (excluding diaryl/α,β-unsaturated/α-hetero) is 1. The van der Waals surface area contributed by atoms with Gasteiger partial charge in [-0.1, -0.05) is 18.2 Å². The molecule has 1 aliphatic rings. The number of amidine groups is 1. The van der Waals surface area contributed by atoms with Gasteiger partial charge >= 0.3 is 6.18 Å². The van der Waals surface area contributed by atoms with Crippen molar-refractivity contribution in [1.29, 1.82) is 0 Å². The lowest BCUT2D eigenvalue weighted by molar-refractivity contribution is -0.141. The molecule has 5 nitrogen and oxygen atoms in total. The van der Waals surface area contributed by atoms with E-state index in [9.17, 15) is 22.8 Å². The molecular weight excluding hydrogens is 349 g/mol. The van der Waals surface area contributed by atoms with E-state index in [1.54, 1.807) is 24.3 Å². The highest BCUT2D eigenvalue weighted by molar-refractivity contribution is 6.42. The van der Waals surface area contributed by atoms with Gasteiger partial charge in [0, 0.05) is 12.6 Å². The van der Waals surface area contributed by atoms with Crippen LogP contribution in [0, 0.1) is 0 Å². The average molecular weight is 362 g/mol. The second-order valence-corrected chi connectivity index (χ2v) is 5.58. The van der Waals surface area contributed by atoms with Gasteiger partial charge in [0.05, 0.1) is 5.56 Å². The Kier molecular flexibility index (Phi) is 4.50. The molecule has 1 aliphatic heterocycles. The van der Waals surface area contributed by atoms with Crippen molar-refractivity contribution in [3.63, 3.8) is 0 Å². The van der Waals surface area contributed by atoms with Crippen molar-refractivity contribution in [2.24, 2.45) is 4.99 Å². The third-order valence-corrected chi connectivity index (χ3v) is 3.72. The Morgan fingerprint density at radius 1 is 1.04 bits per heavy atom. The molecule has 0 bridgehead atoms. The highest BCUT2D eigenvalue weighted by Gasteiger charge is 2.31. The van der Waals surface area contributed by atoms with Crippen LogP contribution in [0.4, 0.5) is 13.2 Å². The number of aliphatic imine (C=N–C) groups is 1. The first-order chi connectivity index (χ1) is 12.3. The summed E-state index contributed by atoms with van der Waals surface area (Å²) in [5.74, 6) is -0.666. The normalized spacial score (nSPS) is 15.1. The lowest BCUT2D eigenvalue weighted by atomic mass is 10.1. The Balaban J connectivity index is 1.87. The number of nitrogens with zero attached hydrogens (tertiary/aromatic N) is 2. The van der Waals surface area contributed by atoms with E-state index in [2.05, 4.69) is 4.99 Å². The third kappa shape index (κ3) is 3.58. The van der Waals surface area contributed by atoms with Gasteiger partial charge in [-0.3, -0.25) is 19.5 Å². The zero-order chi connectivity index (χ0) is 18.9. The van der Waals surface area contributed by atoms with Crippen LogP contribution in [-0.2, 0) is 15.8 Å². The molecule has 0 atom stereocenters. The van der Waals surface area contributed by atoms with Crippen LogP contribution in [0.2, 0.25) is 0 Å². The summed E-state index contributed by atoms with van der Waals surface area (Å²) in [7, 11) is 1.43. The standard InChI is InChI=1S/C18H13F3N2O3/c1-23-16(22-10-15(24)17(23)25)11-4-2-6-13(8-11)26-14-7-3-5-12(9-14)18(19,20)21/h2-9H,10H2,1H3. The molecule has 0 spiro atoms. The van der Waals surface area contributed by atoms with Crippen molar-refractivity contribution in [3.8, 4) is 11.5 Å². The maximum Gasteiger partial charge on any atom is 0.416 e. The van der Waals surface area contributed by atoms with Gasteiger partial charge in [0.1, 0.15) is 23.9 Å². The molecule has 2 aromatic carbocycles. The molecule has 0 radical (unpaired) electrons. The number of alkyl halides is 3. The summed E-state index contributed by atoms with van der Waals surface area (Å²) < 4.78 is 43.9. The van der Waals surface area contributed by atoms with Crippen LogP contribution in [-0.4, -0.2) is 36.0 Å². The number of rotatable bonds is 3. The summed E-state index contributed by atoms with van der Waals surface area (Å²) in [5, 5.41) is 0. The number of likely N-dealkylation sites (N-methyl/N-ethyl adjacent to an activating group) is 1. The van der Waals surface area contributed by atoms with Gasteiger partial charge in [-0.05, 0) is 30.3 Å². The molecule has 0 unspecified atom stereocenters. The lowest BCUT2D eigenvalue weighted by Crippen LogP contribution is -2.43. The number of ketones is 1. The topological polar surface area (TPSA) is 59.0 Å². The summed E-state index contributed by atoms with van der Waals surface area (Å²) in [4.78, 5) is 28.4. The molecular formula is C18H13F3N2O3. The first-order valence-corrected chi connectivity index (χ1v) is 7.56. The van der Waals surface area contributed by atoms with Gasteiger partial charge in [0.15, 0.2) is 0 Å². The van der Waals surface area contributed by atoms with Gasteiger partial charge in [-0.25, -0.2) is 0 Å². The number of halogens is 3. The summed E-state index contributed by atoms with van der Waals surface area (Å²) >= 11 is 0. The number of ether oxygens (including phenoxy) is 1. The van der Waals surface area contributed by atoms with E-state index in [4.69, 9.17) is 4.74 Å². The first-order valence-electron chi connectivity index (χ1n) is 7.56. The van der Waals surface area contributed by atoms with Crippen LogP contribution in [0.1, 0.15) is 11.1 Å². The van der Waals surface area contributed by atoms with E-state index in [-0.39, 0.29) is 18.0 Å². The van der Waals surface area contributed by atoms with Gasteiger partial charge in [0.25, 0.3) is 5.91 Å². The predicted octanol–water partition coefficient (Wildman–Crippen LogP) is 3.29. The summed E-state index contributed by atoms with van der Waals surface area (Å²) in [5.41, 5.74) is -0.301. The number of carbonyl (C=O) groups excluding carboxylic acids is 2. The number of carbonyl (C=O) groups is 2. The fourth-order valence-electron chi connectivity index (χ4n) is 2.46. The molecule has 0 fully saturated rings. The molecule has 0 aliphatic carbocycles. The van der Waals surface area contributed by atoms with Crippen molar-refractivity contribution >= 4 is 17.5 Å². The smallest absolute Gasteiger partial charge is 0.416 e. The number of amides is 1. The number of benzene rings is 2. The molecule has 1 amide bonds. The first kappa shape index (κ1) is 17.7. The predicted molar refractivity (Wildman–Crippen MR) is 87.1 cm³/mol. The molecule has 0 saturated carbocycles. The molecule has 0 saturated heterocycles.